The quantitative estimate of drug-likeness (QED) is 0.703. The molecule has 2 atom stereocenters. The molecular formula is C13H18Cl2O. The largest absolute Gasteiger partial charge is 0.384 e. The van der Waals surface area contributed by atoms with Crippen LogP contribution in [0.4, 0.5) is 0 Å². The molecule has 1 nitrogen and oxygen atoms in total. The van der Waals surface area contributed by atoms with Gasteiger partial charge in [-0.1, -0.05) is 36.7 Å². The summed E-state index contributed by atoms with van der Waals surface area (Å²) in [5.74, 6) is 1.48. The van der Waals surface area contributed by atoms with E-state index >= 15 is 0 Å². The van der Waals surface area contributed by atoms with Crippen LogP contribution >= 0.6 is 23.2 Å². The van der Waals surface area contributed by atoms with E-state index < -0.39 is 0 Å². The third-order valence-corrected chi connectivity index (χ3v) is 3.64. The molecule has 0 aromatic heterocycles. The molecule has 0 N–H and O–H groups in total. The van der Waals surface area contributed by atoms with E-state index in [1.807, 2.05) is 18.2 Å². The summed E-state index contributed by atoms with van der Waals surface area (Å²) < 4.78 is 5.16. The number of hydrogen-bond donors (Lipinski definition) is 0. The van der Waals surface area contributed by atoms with Gasteiger partial charge in [0.25, 0.3) is 0 Å². The maximum Gasteiger partial charge on any atom is 0.0491 e. The highest BCUT2D eigenvalue weighted by atomic mass is 35.5. The predicted molar refractivity (Wildman–Crippen MR) is 70.4 cm³/mol. The summed E-state index contributed by atoms with van der Waals surface area (Å²) in [6.07, 6.45) is 0.910. The lowest BCUT2D eigenvalue weighted by atomic mass is 9.90. The molecule has 0 aliphatic heterocycles. The van der Waals surface area contributed by atoms with Gasteiger partial charge in [-0.25, -0.2) is 0 Å². The Balaban J connectivity index is 2.66. The van der Waals surface area contributed by atoms with E-state index in [2.05, 4.69) is 13.0 Å². The van der Waals surface area contributed by atoms with Crippen LogP contribution in [0.1, 0.15) is 12.5 Å². The standard InChI is InChI=1S/C13H18Cl2O/c1-10(9-16-2)12(8-14)7-11-5-3-4-6-13(11)15/h3-6,10,12H,7-9H2,1-2H3. The summed E-state index contributed by atoms with van der Waals surface area (Å²) in [5, 5.41) is 0.822. The first kappa shape index (κ1) is 13.8. The molecule has 16 heavy (non-hydrogen) atoms. The van der Waals surface area contributed by atoms with Crippen LogP contribution in [0.15, 0.2) is 24.3 Å². The number of hydrogen-bond acceptors (Lipinski definition) is 1. The molecule has 0 saturated carbocycles. The van der Waals surface area contributed by atoms with Gasteiger partial charge in [0.15, 0.2) is 0 Å². The fraction of sp³-hybridized carbons (Fsp3) is 0.538. The minimum absolute atomic E-state index is 0.404. The zero-order valence-electron chi connectivity index (χ0n) is 9.75. The SMILES string of the molecule is COCC(C)C(CCl)Cc1ccccc1Cl. The summed E-state index contributed by atoms with van der Waals surface area (Å²) in [5.41, 5.74) is 1.16. The van der Waals surface area contributed by atoms with Gasteiger partial charge in [-0.15, -0.1) is 11.6 Å². The zero-order chi connectivity index (χ0) is 12.0. The molecule has 0 saturated heterocycles. The molecule has 90 valence electrons. The van der Waals surface area contributed by atoms with Crippen molar-refractivity contribution in [3.63, 3.8) is 0 Å². The van der Waals surface area contributed by atoms with Gasteiger partial charge in [-0.2, -0.15) is 0 Å². The molecule has 0 heterocycles. The maximum absolute atomic E-state index is 6.13. The lowest BCUT2D eigenvalue weighted by Crippen LogP contribution is -2.20. The molecule has 0 aliphatic carbocycles. The van der Waals surface area contributed by atoms with E-state index in [-0.39, 0.29) is 0 Å². The van der Waals surface area contributed by atoms with Crippen molar-refractivity contribution >= 4 is 23.2 Å². The Labute approximate surface area is 108 Å². The van der Waals surface area contributed by atoms with E-state index in [1.54, 1.807) is 7.11 Å². The second-order valence-electron chi connectivity index (χ2n) is 4.14. The number of methoxy groups -OCH3 is 1. The third kappa shape index (κ3) is 3.97. The molecule has 3 heteroatoms. The number of benzene rings is 1. The van der Waals surface area contributed by atoms with Gasteiger partial charge in [0, 0.05) is 24.6 Å². The first-order chi connectivity index (χ1) is 7.69. The van der Waals surface area contributed by atoms with Crippen molar-refractivity contribution in [1.82, 2.24) is 0 Å². The molecule has 1 aromatic carbocycles. The van der Waals surface area contributed by atoms with E-state index in [1.165, 1.54) is 0 Å². The highest BCUT2D eigenvalue weighted by Crippen LogP contribution is 2.24. The molecule has 0 fully saturated rings. The van der Waals surface area contributed by atoms with Crippen molar-refractivity contribution in [1.29, 1.82) is 0 Å². The molecule has 1 aromatic rings. The molecule has 1 rings (SSSR count). The molecule has 0 spiro atoms. The molecule has 0 aliphatic rings. The maximum atomic E-state index is 6.13. The minimum atomic E-state index is 0.404. The van der Waals surface area contributed by atoms with Crippen LogP contribution in [0.3, 0.4) is 0 Å². The Morgan fingerprint density at radius 3 is 2.56 bits per heavy atom. The number of alkyl halides is 1. The van der Waals surface area contributed by atoms with Crippen molar-refractivity contribution in [2.24, 2.45) is 11.8 Å². The van der Waals surface area contributed by atoms with E-state index in [9.17, 15) is 0 Å². The second-order valence-corrected chi connectivity index (χ2v) is 4.86. The Kier molecular flexibility index (Phi) is 6.18. The highest BCUT2D eigenvalue weighted by molar-refractivity contribution is 6.31. The second kappa shape index (κ2) is 7.16. The summed E-state index contributed by atoms with van der Waals surface area (Å²) in [6, 6.07) is 7.93. The monoisotopic (exact) mass is 260 g/mol. The molecule has 2 unspecified atom stereocenters. The molecule has 0 radical (unpaired) electrons. The van der Waals surface area contributed by atoms with E-state index in [0.29, 0.717) is 17.7 Å². The molecular weight excluding hydrogens is 243 g/mol. The van der Waals surface area contributed by atoms with Crippen LogP contribution in [0.25, 0.3) is 0 Å². The number of rotatable bonds is 6. The van der Waals surface area contributed by atoms with Gasteiger partial charge in [-0.05, 0) is 29.9 Å². The van der Waals surface area contributed by atoms with Crippen molar-refractivity contribution in [2.45, 2.75) is 13.3 Å². The first-order valence-electron chi connectivity index (χ1n) is 5.47. The van der Waals surface area contributed by atoms with Gasteiger partial charge < -0.3 is 4.74 Å². The predicted octanol–water partition coefficient (Wildman–Crippen LogP) is 4.02. The lowest BCUT2D eigenvalue weighted by Gasteiger charge is -2.21. The summed E-state index contributed by atoms with van der Waals surface area (Å²) in [6.45, 7) is 2.90. The van der Waals surface area contributed by atoms with Gasteiger partial charge in [0.05, 0.1) is 0 Å². The minimum Gasteiger partial charge on any atom is -0.384 e. The smallest absolute Gasteiger partial charge is 0.0491 e. The number of ether oxygens (including phenoxy) is 1. The van der Waals surface area contributed by atoms with Crippen molar-refractivity contribution in [3.8, 4) is 0 Å². The average molecular weight is 261 g/mol. The van der Waals surface area contributed by atoms with Gasteiger partial charge in [0.2, 0.25) is 0 Å². The van der Waals surface area contributed by atoms with Crippen molar-refractivity contribution in [2.75, 3.05) is 19.6 Å². The van der Waals surface area contributed by atoms with Crippen molar-refractivity contribution in [3.05, 3.63) is 34.9 Å². The fourth-order valence-electron chi connectivity index (χ4n) is 1.75. The van der Waals surface area contributed by atoms with Crippen LogP contribution < -0.4 is 0 Å². The first-order valence-corrected chi connectivity index (χ1v) is 6.38. The summed E-state index contributed by atoms with van der Waals surface area (Å²) in [7, 11) is 1.72. The van der Waals surface area contributed by atoms with Crippen LogP contribution in [0.5, 0.6) is 0 Å². The fourth-order valence-corrected chi connectivity index (χ4v) is 2.38. The van der Waals surface area contributed by atoms with Gasteiger partial charge >= 0.3 is 0 Å². The third-order valence-electron chi connectivity index (χ3n) is 2.87. The van der Waals surface area contributed by atoms with Gasteiger partial charge in [-0.3, -0.25) is 0 Å². The van der Waals surface area contributed by atoms with Crippen LogP contribution in [-0.4, -0.2) is 19.6 Å². The number of halogens is 2. The summed E-state index contributed by atoms with van der Waals surface area (Å²) in [4.78, 5) is 0. The van der Waals surface area contributed by atoms with Crippen LogP contribution in [0, 0.1) is 11.8 Å². The molecule has 0 amide bonds. The molecule has 0 bridgehead atoms. The Hall–Kier alpha value is -0.240. The summed E-state index contributed by atoms with van der Waals surface area (Å²) >= 11 is 12.1. The van der Waals surface area contributed by atoms with Crippen LogP contribution in [0.2, 0.25) is 5.02 Å². The zero-order valence-corrected chi connectivity index (χ0v) is 11.3. The lowest BCUT2D eigenvalue weighted by molar-refractivity contribution is 0.135. The van der Waals surface area contributed by atoms with Crippen LogP contribution in [-0.2, 0) is 11.2 Å². The van der Waals surface area contributed by atoms with E-state index in [0.717, 1.165) is 23.6 Å². The Morgan fingerprint density at radius 1 is 1.31 bits per heavy atom. The highest BCUT2D eigenvalue weighted by Gasteiger charge is 2.17. The Morgan fingerprint density at radius 2 is 2.00 bits per heavy atom. The van der Waals surface area contributed by atoms with Gasteiger partial charge in [0.1, 0.15) is 0 Å². The van der Waals surface area contributed by atoms with Crippen molar-refractivity contribution < 1.29 is 4.74 Å². The normalized spacial score (nSPS) is 14.8. The Bertz CT molecular complexity index is 315. The van der Waals surface area contributed by atoms with E-state index in [4.69, 9.17) is 27.9 Å². The average Bonchev–Trinajstić information content (AvgIpc) is 2.28. The topological polar surface area (TPSA) is 9.23 Å².